The molecule has 1 heterocycles. The Morgan fingerprint density at radius 1 is 0.897 bits per heavy atom. The zero-order valence-corrected chi connectivity index (χ0v) is 16.1. The summed E-state index contributed by atoms with van der Waals surface area (Å²) >= 11 is 0. The Morgan fingerprint density at radius 3 is 2.17 bits per heavy atom. The highest BCUT2D eigenvalue weighted by atomic mass is 16.5. The third-order valence-electron chi connectivity index (χ3n) is 4.63. The highest BCUT2D eigenvalue weighted by molar-refractivity contribution is 5.98. The van der Waals surface area contributed by atoms with Crippen molar-refractivity contribution in [2.24, 2.45) is 5.10 Å². The van der Waals surface area contributed by atoms with E-state index < -0.39 is 6.23 Å². The van der Waals surface area contributed by atoms with Crippen LogP contribution in [0.2, 0.25) is 0 Å². The fraction of sp³-hybridized carbons (Fsp3) is 0.130. The topological polar surface area (TPSA) is 60.4 Å². The maximum Gasteiger partial charge on any atom is 0.281 e. The third kappa shape index (κ3) is 3.78. The summed E-state index contributed by atoms with van der Waals surface area (Å²) in [5.41, 5.74) is 2.11. The summed E-state index contributed by atoms with van der Waals surface area (Å²) in [5, 5.41) is 5.81. The van der Waals surface area contributed by atoms with Crippen molar-refractivity contribution in [3.05, 3.63) is 89.5 Å². The molecule has 0 bridgehead atoms. The van der Waals surface area contributed by atoms with Crippen LogP contribution >= 0.6 is 0 Å². The van der Waals surface area contributed by atoms with E-state index in [0.717, 1.165) is 22.6 Å². The Balaban J connectivity index is 1.69. The largest absolute Gasteiger partial charge is 0.497 e. The van der Waals surface area contributed by atoms with Crippen molar-refractivity contribution in [1.82, 2.24) is 5.01 Å². The number of nitrogens with zero attached hydrogens (tertiary/aromatic N) is 2. The molecule has 1 unspecified atom stereocenters. The average Bonchev–Trinajstić information content (AvgIpc) is 2.79. The predicted octanol–water partition coefficient (Wildman–Crippen LogP) is 4.27. The van der Waals surface area contributed by atoms with Crippen molar-refractivity contribution in [3.8, 4) is 17.2 Å². The molecule has 0 aliphatic carbocycles. The van der Waals surface area contributed by atoms with E-state index in [1.165, 1.54) is 5.01 Å². The van der Waals surface area contributed by atoms with Crippen LogP contribution in [0.3, 0.4) is 0 Å². The Labute approximate surface area is 168 Å². The number of fused-ring (bicyclic) bond motifs is 1. The maximum atomic E-state index is 13.1. The van der Waals surface area contributed by atoms with Gasteiger partial charge in [0.05, 0.1) is 26.0 Å². The first-order valence-corrected chi connectivity index (χ1v) is 9.11. The number of hydrazone groups is 1. The molecule has 0 spiro atoms. The van der Waals surface area contributed by atoms with Crippen LogP contribution in [0.15, 0.2) is 77.9 Å². The van der Waals surface area contributed by atoms with Crippen molar-refractivity contribution >= 4 is 12.1 Å². The number of para-hydroxylation sites is 1. The minimum absolute atomic E-state index is 0.225. The molecule has 0 radical (unpaired) electrons. The fourth-order valence-corrected chi connectivity index (χ4v) is 3.06. The summed E-state index contributed by atoms with van der Waals surface area (Å²) in [6.45, 7) is 0. The second kappa shape index (κ2) is 8.06. The van der Waals surface area contributed by atoms with Crippen molar-refractivity contribution in [2.75, 3.05) is 14.2 Å². The van der Waals surface area contributed by atoms with Crippen molar-refractivity contribution < 1.29 is 19.0 Å². The van der Waals surface area contributed by atoms with Crippen molar-refractivity contribution in [2.45, 2.75) is 6.23 Å². The lowest BCUT2D eigenvalue weighted by Gasteiger charge is -2.33. The molecular formula is C23H20N2O4. The third-order valence-corrected chi connectivity index (χ3v) is 4.63. The Hall–Kier alpha value is -3.80. The summed E-state index contributed by atoms with van der Waals surface area (Å²) in [4.78, 5) is 13.1. The van der Waals surface area contributed by atoms with Crippen LogP contribution in [0.25, 0.3) is 0 Å². The average molecular weight is 388 g/mol. The lowest BCUT2D eigenvalue weighted by molar-refractivity contribution is 0.00994. The monoisotopic (exact) mass is 388 g/mol. The smallest absolute Gasteiger partial charge is 0.281 e. The van der Waals surface area contributed by atoms with Gasteiger partial charge in [-0.15, -0.1) is 0 Å². The molecule has 6 heteroatoms. The van der Waals surface area contributed by atoms with Crippen LogP contribution in [-0.2, 0) is 0 Å². The number of hydrogen-bond donors (Lipinski definition) is 0. The van der Waals surface area contributed by atoms with Crippen LogP contribution in [0.4, 0.5) is 0 Å². The minimum atomic E-state index is -0.683. The normalized spacial score (nSPS) is 15.7. The molecule has 3 aromatic rings. The van der Waals surface area contributed by atoms with Gasteiger partial charge in [0.15, 0.2) is 0 Å². The molecule has 0 fully saturated rings. The second-order valence-electron chi connectivity index (χ2n) is 6.41. The summed E-state index contributed by atoms with van der Waals surface area (Å²) in [7, 11) is 3.22. The quantitative estimate of drug-likeness (QED) is 0.613. The molecule has 4 rings (SSSR count). The highest BCUT2D eigenvalue weighted by Gasteiger charge is 2.34. The lowest BCUT2D eigenvalue weighted by atomic mass is 10.1. The summed E-state index contributed by atoms with van der Waals surface area (Å²) in [6, 6.07) is 22.0. The Morgan fingerprint density at radius 2 is 1.52 bits per heavy atom. The Bertz CT molecular complexity index is 1030. The molecule has 1 atom stereocenters. The van der Waals surface area contributed by atoms with E-state index in [2.05, 4.69) is 5.10 Å². The molecule has 146 valence electrons. The molecule has 0 saturated carbocycles. The van der Waals surface area contributed by atoms with E-state index in [1.807, 2.05) is 54.6 Å². The van der Waals surface area contributed by atoms with Gasteiger partial charge in [-0.2, -0.15) is 10.1 Å². The first-order valence-electron chi connectivity index (χ1n) is 9.11. The SMILES string of the molecule is COc1ccc(C=NN2C(=O)c3ccccc3OC2c2ccc(OC)cc2)cc1. The van der Waals surface area contributed by atoms with E-state index in [-0.39, 0.29) is 5.91 Å². The number of hydrogen-bond acceptors (Lipinski definition) is 5. The fourth-order valence-electron chi connectivity index (χ4n) is 3.06. The van der Waals surface area contributed by atoms with Crippen LogP contribution in [0.5, 0.6) is 17.2 Å². The van der Waals surface area contributed by atoms with Gasteiger partial charge in [-0.3, -0.25) is 4.79 Å². The molecule has 0 aromatic heterocycles. The van der Waals surface area contributed by atoms with E-state index in [0.29, 0.717) is 11.3 Å². The standard InChI is InChI=1S/C23H20N2O4/c1-27-18-11-7-16(8-12-18)15-24-25-22(26)20-5-3-4-6-21(20)29-23(25)17-9-13-19(28-2)14-10-17/h3-15,23H,1-2H3. The molecule has 1 aliphatic heterocycles. The van der Waals surface area contributed by atoms with E-state index in [9.17, 15) is 4.79 Å². The zero-order chi connectivity index (χ0) is 20.2. The molecule has 0 saturated heterocycles. The number of amides is 1. The summed E-state index contributed by atoms with van der Waals surface area (Å²) in [5.74, 6) is 1.79. The predicted molar refractivity (Wildman–Crippen MR) is 110 cm³/mol. The second-order valence-corrected chi connectivity index (χ2v) is 6.41. The van der Waals surface area contributed by atoms with Gasteiger partial charge in [-0.25, -0.2) is 0 Å². The van der Waals surface area contributed by atoms with Gasteiger partial charge in [-0.1, -0.05) is 12.1 Å². The number of benzene rings is 3. The van der Waals surface area contributed by atoms with Gasteiger partial charge in [0.25, 0.3) is 5.91 Å². The van der Waals surface area contributed by atoms with Crippen molar-refractivity contribution in [3.63, 3.8) is 0 Å². The Kier molecular flexibility index (Phi) is 5.16. The van der Waals surface area contributed by atoms with Gasteiger partial charge < -0.3 is 14.2 Å². The van der Waals surface area contributed by atoms with Gasteiger partial charge in [0.2, 0.25) is 6.23 Å². The summed E-state index contributed by atoms with van der Waals surface area (Å²) < 4.78 is 16.5. The van der Waals surface area contributed by atoms with E-state index in [1.54, 1.807) is 38.6 Å². The number of ether oxygens (including phenoxy) is 3. The maximum absolute atomic E-state index is 13.1. The van der Waals surface area contributed by atoms with Crippen LogP contribution in [0.1, 0.15) is 27.7 Å². The summed E-state index contributed by atoms with van der Waals surface area (Å²) in [6.07, 6.45) is 0.948. The van der Waals surface area contributed by atoms with Gasteiger partial charge in [0, 0.05) is 5.56 Å². The zero-order valence-electron chi connectivity index (χ0n) is 16.1. The number of carbonyl (C=O) groups is 1. The molecule has 1 amide bonds. The molecular weight excluding hydrogens is 368 g/mol. The van der Waals surface area contributed by atoms with Gasteiger partial charge in [-0.05, 0) is 66.2 Å². The van der Waals surface area contributed by atoms with Gasteiger partial charge >= 0.3 is 0 Å². The van der Waals surface area contributed by atoms with Crippen LogP contribution < -0.4 is 14.2 Å². The molecule has 6 nitrogen and oxygen atoms in total. The van der Waals surface area contributed by atoms with Crippen molar-refractivity contribution in [1.29, 1.82) is 0 Å². The molecule has 0 N–H and O–H groups in total. The highest BCUT2D eigenvalue weighted by Crippen LogP contribution is 2.35. The minimum Gasteiger partial charge on any atom is -0.497 e. The number of methoxy groups -OCH3 is 2. The van der Waals surface area contributed by atoms with Gasteiger partial charge in [0.1, 0.15) is 17.2 Å². The molecule has 1 aliphatic rings. The molecule has 29 heavy (non-hydrogen) atoms. The van der Waals surface area contributed by atoms with E-state index in [4.69, 9.17) is 14.2 Å². The lowest BCUT2D eigenvalue weighted by Crippen LogP contribution is -2.38. The van der Waals surface area contributed by atoms with Crippen LogP contribution in [0, 0.1) is 0 Å². The number of rotatable bonds is 5. The number of carbonyl (C=O) groups excluding carboxylic acids is 1. The van der Waals surface area contributed by atoms with E-state index >= 15 is 0 Å². The van der Waals surface area contributed by atoms with Crippen LogP contribution in [-0.4, -0.2) is 31.4 Å². The molecule has 3 aromatic carbocycles. The first kappa shape index (κ1) is 18.6. The first-order chi connectivity index (χ1) is 14.2.